The first-order valence-electron chi connectivity index (χ1n) is 8.54. The first-order chi connectivity index (χ1) is 13.1. The van der Waals surface area contributed by atoms with E-state index in [1.54, 1.807) is 18.9 Å². The molecule has 0 aliphatic carbocycles. The number of carboxylic acid groups (broad SMARTS) is 1. The summed E-state index contributed by atoms with van der Waals surface area (Å²) in [4.78, 5) is 11.4. The lowest BCUT2D eigenvalue weighted by Crippen LogP contribution is -2.36. The second-order valence-electron chi connectivity index (χ2n) is 5.88. The zero-order valence-corrected chi connectivity index (χ0v) is 17.0. The number of ether oxygens (including phenoxy) is 2. The minimum absolute atomic E-state index is 0.294. The van der Waals surface area contributed by atoms with Gasteiger partial charge >= 0.3 is 5.97 Å². The van der Waals surface area contributed by atoms with Gasteiger partial charge in [-0.2, -0.15) is 11.8 Å². The fourth-order valence-corrected chi connectivity index (χ4v) is 3.23. The number of hydrogen-bond donors (Lipinski definition) is 2. The Balaban J connectivity index is 2.14. The van der Waals surface area contributed by atoms with E-state index in [2.05, 4.69) is 5.32 Å². The number of para-hydroxylation sites is 1. The molecule has 2 aromatic carbocycles. The van der Waals surface area contributed by atoms with Gasteiger partial charge in [-0.05, 0) is 30.6 Å². The SMILES string of the molecule is COc1cccc(CNC(CCSC)C(=O)O)c1OCc1ccccc1Cl. The highest BCUT2D eigenvalue weighted by Gasteiger charge is 2.18. The number of benzene rings is 2. The summed E-state index contributed by atoms with van der Waals surface area (Å²) in [7, 11) is 1.58. The zero-order chi connectivity index (χ0) is 19.6. The molecule has 0 radical (unpaired) electrons. The molecule has 1 atom stereocenters. The monoisotopic (exact) mass is 409 g/mol. The number of halogens is 1. The molecule has 0 saturated heterocycles. The smallest absolute Gasteiger partial charge is 0.320 e. The maximum atomic E-state index is 11.4. The lowest BCUT2D eigenvalue weighted by atomic mass is 10.1. The molecule has 2 aromatic rings. The summed E-state index contributed by atoms with van der Waals surface area (Å²) < 4.78 is 11.4. The number of thioether (sulfide) groups is 1. The van der Waals surface area contributed by atoms with Gasteiger partial charge in [0.2, 0.25) is 0 Å². The molecule has 0 spiro atoms. The highest BCUT2D eigenvalue weighted by Crippen LogP contribution is 2.32. The molecular weight excluding hydrogens is 386 g/mol. The van der Waals surface area contributed by atoms with Gasteiger partial charge in [0.1, 0.15) is 12.6 Å². The molecule has 27 heavy (non-hydrogen) atoms. The Morgan fingerprint density at radius 2 is 1.96 bits per heavy atom. The Kier molecular flexibility index (Phi) is 8.78. The van der Waals surface area contributed by atoms with E-state index in [1.807, 2.05) is 48.7 Å². The van der Waals surface area contributed by atoms with Gasteiger partial charge in [0.25, 0.3) is 0 Å². The summed E-state index contributed by atoms with van der Waals surface area (Å²) >= 11 is 7.82. The number of carboxylic acids is 1. The number of rotatable bonds is 11. The third kappa shape index (κ3) is 6.34. The molecule has 2 rings (SSSR count). The van der Waals surface area contributed by atoms with Crippen LogP contribution in [0.2, 0.25) is 5.02 Å². The first-order valence-corrected chi connectivity index (χ1v) is 10.3. The van der Waals surface area contributed by atoms with Gasteiger partial charge < -0.3 is 19.9 Å². The van der Waals surface area contributed by atoms with Gasteiger partial charge in [0.15, 0.2) is 11.5 Å². The Hall–Kier alpha value is -1.89. The third-order valence-corrected chi connectivity index (χ3v) is 5.07. The summed E-state index contributed by atoms with van der Waals surface area (Å²) in [5.74, 6) is 1.10. The molecule has 7 heteroatoms. The predicted molar refractivity (Wildman–Crippen MR) is 110 cm³/mol. The van der Waals surface area contributed by atoms with Crippen molar-refractivity contribution in [3.05, 3.63) is 58.6 Å². The summed E-state index contributed by atoms with van der Waals surface area (Å²) in [6, 6.07) is 12.4. The van der Waals surface area contributed by atoms with E-state index >= 15 is 0 Å². The van der Waals surface area contributed by atoms with Crippen molar-refractivity contribution >= 4 is 29.3 Å². The van der Waals surface area contributed by atoms with E-state index in [0.717, 1.165) is 16.9 Å². The van der Waals surface area contributed by atoms with Crippen molar-refractivity contribution in [3.63, 3.8) is 0 Å². The van der Waals surface area contributed by atoms with Crippen LogP contribution in [0.5, 0.6) is 11.5 Å². The second-order valence-corrected chi connectivity index (χ2v) is 7.27. The summed E-state index contributed by atoms with van der Waals surface area (Å²) in [6.45, 7) is 0.655. The fourth-order valence-electron chi connectivity index (χ4n) is 2.57. The summed E-state index contributed by atoms with van der Waals surface area (Å²) in [5.41, 5.74) is 1.70. The first kappa shape index (κ1) is 21.4. The topological polar surface area (TPSA) is 67.8 Å². The van der Waals surface area contributed by atoms with Gasteiger partial charge in [-0.25, -0.2) is 0 Å². The zero-order valence-electron chi connectivity index (χ0n) is 15.4. The van der Waals surface area contributed by atoms with Crippen molar-refractivity contribution in [1.82, 2.24) is 5.32 Å². The van der Waals surface area contributed by atoms with Crippen LogP contribution in [0, 0.1) is 0 Å². The van der Waals surface area contributed by atoms with Crippen molar-refractivity contribution in [2.45, 2.75) is 25.6 Å². The molecule has 2 N–H and O–H groups in total. The van der Waals surface area contributed by atoms with Crippen LogP contribution >= 0.6 is 23.4 Å². The molecule has 0 aliphatic rings. The highest BCUT2D eigenvalue weighted by molar-refractivity contribution is 7.98. The average molecular weight is 410 g/mol. The molecule has 0 amide bonds. The number of nitrogens with one attached hydrogen (secondary N) is 1. The number of carbonyl (C=O) groups is 1. The van der Waals surface area contributed by atoms with Crippen LogP contribution in [-0.2, 0) is 17.9 Å². The lowest BCUT2D eigenvalue weighted by Gasteiger charge is -2.18. The van der Waals surface area contributed by atoms with Crippen LogP contribution in [0.15, 0.2) is 42.5 Å². The van der Waals surface area contributed by atoms with Crippen LogP contribution in [0.25, 0.3) is 0 Å². The Morgan fingerprint density at radius 3 is 2.63 bits per heavy atom. The molecule has 0 aliphatic heterocycles. The van der Waals surface area contributed by atoms with Crippen molar-refractivity contribution in [2.24, 2.45) is 0 Å². The second kappa shape index (κ2) is 11.1. The lowest BCUT2D eigenvalue weighted by molar-refractivity contribution is -0.139. The van der Waals surface area contributed by atoms with Crippen molar-refractivity contribution in [1.29, 1.82) is 0 Å². The van der Waals surface area contributed by atoms with Gasteiger partial charge in [0, 0.05) is 22.7 Å². The van der Waals surface area contributed by atoms with E-state index in [9.17, 15) is 9.90 Å². The van der Waals surface area contributed by atoms with Gasteiger partial charge in [-0.15, -0.1) is 0 Å². The number of methoxy groups -OCH3 is 1. The highest BCUT2D eigenvalue weighted by atomic mass is 35.5. The number of hydrogen-bond acceptors (Lipinski definition) is 5. The fraction of sp³-hybridized carbons (Fsp3) is 0.350. The number of aliphatic carboxylic acids is 1. The minimum atomic E-state index is -0.856. The maximum Gasteiger partial charge on any atom is 0.320 e. The van der Waals surface area contributed by atoms with Crippen LogP contribution in [0.1, 0.15) is 17.5 Å². The molecule has 0 bridgehead atoms. The molecular formula is C20H24ClNO4S. The average Bonchev–Trinajstić information content (AvgIpc) is 2.67. The molecule has 146 valence electrons. The van der Waals surface area contributed by atoms with Crippen LogP contribution in [0.3, 0.4) is 0 Å². The minimum Gasteiger partial charge on any atom is -0.493 e. The van der Waals surface area contributed by atoms with Crippen LogP contribution in [0.4, 0.5) is 0 Å². The largest absolute Gasteiger partial charge is 0.493 e. The predicted octanol–water partition coefficient (Wildman–Crippen LogP) is 4.22. The van der Waals surface area contributed by atoms with E-state index in [0.29, 0.717) is 36.1 Å². The van der Waals surface area contributed by atoms with Gasteiger partial charge in [0.05, 0.1) is 7.11 Å². The van der Waals surface area contributed by atoms with Crippen molar-refractivity contribution in [2.75, 3.05) is 19.1 Å². The van der Waals surface area contributed by atoms with E-state index < -0.39 is 12.0 Å². The Bertz CT molecular complexity index is 757. The third-order valence-electron chi connectivity index (χ3n) is 4.06. The molecule has 5 nitrogen and oxygen atoms in total. The molecule has 1 unspecified atom stereocenters. The summed E-state index contributed by atoms with van der Waals surface area (Å²) in [5, 5.41) is 13.1. The van der Waals surface area contributed by atoms with Gasteiger partial charge in [-0.3, -0.25) is 4.79 Å². The molecule has 0 heterocycles. The quantitative estimate of drug-likeness (QED) is 0.579. The van der Waals surface area contributed by atoms with E-state index in [-0.39, 0.29) is 0 Å². The summed E-state index contributed by atoms with van der Waals surface area (Å²) in [6.07, 6.45) is 2.51. The maximum absolute atomic E-state index is 11.4. The Labute approximate surface area is 169 Å². The normalized spacial score (nSPS) is 11.8. The van der Waals surface area contributed by atoms with Crippen molar-refractivity contribution < 1.29 is 19.4 Å². The standard InChI is InChI=1S/C20H24ClNO4S/c1-25-18-9-5-7-14(12-22-17(20(23)24)10-11-27-2)19(18)26-13-15-6-3-4-8-16(15)21/h3-9,17,22H,10-13H2,1-2H3,(H,23,24). The van der Waals surface area contributed by atoms with Crippen LogP contribution < -0.4 is 14.8 Å². The molecule has 0 saturated carbocycles. The van der Waals surface area contributed by atoms with Gasteiger partial charge in [-0.1, -0.05) is 41.9 Å². The Morgan fingerprint density at radius 1 is 1.22 bits per heavy atom. The van der Waals surface area contributed by atoms with Crippen LogP contribution in [-0.4, -0.2) is 36.2 Å². The van der Waals surface area contributed by atoms with E-state index in [1.165, 1.54) is 0 Å². The molecule has 0 fully saturated rings. The van der Waals surface area contributed by atoms with E-state index in [4.69, 9.17) is 21.1 Å². The molecule has 0 aromatic heterocycles. The van der Waals surface area contributed by atoms with Crippen molar-refractivity contribution in [3.8, 4) is 11.5 Å².